The third-order valence-electron chi connectivity index (χ3n) is 2.44. The Morgan fingerprint density at radius 1 is 1.31 bits per heavy atom. The summed E-state index contributed by atoms with van der Waals surface area (Å²) in [6, 6.07) is 8.42. The second-order valence-corrected chi connectivity index (χ2v) is 3.50. The van der Waals surface area contributed by atoms with Crippen LogP contribution in [-0.4, -0.2) is 15.3 Å². The van der Waals surface area contributed by atoms with Gasteiger partial charge in [0.15, 0.2) is 0 Å². The molecular formula is C12H12N2O2. The number of phenols is 1. The summed E-state index contributed by atoms with van der Waals surface area (Å²) in [6.45, 7) is 1.98. The zero-order valence-corrected chi connectivity index (χ0v) is 8.90. The lowest BCUT2D eigenvalue weighted by Gasteiger charge is -2.04. The standard InChI is InChI=1S/C12H12N2O2/c1-2-8-3-4-9(7-11(8)15)10-5-6-12(16)14-13-10/h3-7,15H,2H2,1H3,(H,14,16). The summed E-state index contributed by atoms with van der Waals surface area (Å²) in [6.07, 6.45) is 0.783. The van der Waals surface area contributed by atoms with Gasteiger partial charge in [-0.3, -0.25) is 4.79 Å². The van der Waals surface area contributed by atoms with Crippen LogP contribution in [0.4, 0.5) is 0 Å². The van der Waals surface area contributed by atoms with E-state index in [2.05, 4.69) is 10.2 Å². The molecule has 0 aliphatic carbocycles. The summed E-state index contributed by atoms with van der Waals surface area (Å²) >= 11 is 0. The molecule has 0 saturated heterocycles. The van der Waals surface area contributed by atoms with Gasteiger partial charge in [-0.05, 0) is 24.1 Å². The molecule has 0 unspecified atom stereocenters. The van der Waals surface area contributed by atoms with Crippen molar-refractivity contribution in [1.82, 2.24) is 10.2 Å². The van der Waals surface area contributed by atoms with Crippen LogP contribution in [0, 0.1) is 0 Å². The minimum absolute atomic E-state index is 0.238. The van der Waals surface area contributed by atoms with Gasteiger partial charge in [-0.15, -0.1) is 0 Å². The Hall–Kier alpha value is -2.10. The van der Waals surface area contributed by atoms with Gasteiger partial charge in [0, 0.05) is 11.6 Å². The molecule has 16 heavy (non-hydrogen) atoms. The Morgan fingerprint density at radius 3 is 2.69 bits per heavy atom. The molecule has 1 aromatic carbocycles. The van der Waals surface area contributed by atoms with Crippen molar-refractivity contribution in [2.75, 3.05) is 0 Å². The lowest BCUT2D eigenvalue weighted by atomic mass is 10.1. The lowest BCUT2D eigenvalue weighted by molar-refractivity contribution is 0.469. The van der Waals surface area contributed by atoms with Gasteiger partial charge in [-0.2, -0.15) is 5.10 Å². The number of aryl methyl sites for hydroxylation is 1. The predicted molar refractivity (Wildman–Crippen MR) is 61.3 cm³/mol. The van der Waals surface area contributed by atoms with Gasteiger partial charge in [-0.1, -0.05) is 19.1 Å². The summed E-state index contributed by atoms with van der Waals surface area (Å²) in [5, 5.41) is 16.0. The number of rotatable bonds is 2. The molecule has 4 heteroatoms. The zero-order chi connectivity index (χ0) is 11.5. The van der Waals surface area contributed by atoms with Gasteiger partial charge in [0.1, 0.15) is 5.75 Å². The van der Waals surface area contributed by atoms with Crippen molar-refractivity contribution >= 4 is 0 Å². The maximum Gasteiger partial charge on any atom is 0.264 e. The summed E-state index contributed by atoms with van der Waals surface area (Å²) < 4.78 is 0. The van der Waals surface area contributed by atoms with Crippen LogP contribution in [0.2, 0.25) is 0 Å². The fourth-order valence-corrected chi connectivity index (χ4v) is 1.53. The van der Waals surface area contributed by atoms with E-state index in [1.54, 1.807) is 12.1 Å². The van der Waals surface area contributed by atoms with Gasteiger partial charge in [0.25, 0.3) is 5.56 Å². The van der Waals surface area contributed by atoms with Crippen LogP contribution in [0.5, 0.6) is 5.75 Å². The van der Waals surface area contributed by atoms with Crippen molar-refractivity contribution in [2.24, 2.45) is 0 Å². The highest BCUT2D eigenvalue weighted by molar-refractivity contribution is 5.61. The molecule has 0 radical (unpaired) electrons. The van der Waals surface area contributed by atoms with Crippen LogP contribution in [0.25, 0.3) is 11.3 Å². The van der Waals surface area contributed by atoms with E-state index in [1.165, 1.54) is 6.07 Å². The molecule has 0 saturated carbocycles. The van der Waals surface area contributed by atoms with E-state index in [0.29, 0.717) is 5.69 Å². The van der Waals surface area contributed by atoms with Crippen molar-refractivity contribution in [3.05, 3.63) is 46.2 Å². The summed E-state index contributed by atoms with van der Waals surface area (Å²) in [4.78, 5) is 10.9. The van der Waals surface area contributed by atoms with Gasteiger partial charge in [0.05, 0.1) is 5.69 Å². The number of H-pyrrole nitrogens is 1. The fraction of sp³-hybridized carbons (Fsp3) is 0.167. The first-order chi connectivity index (χ1) is 7.70. The maximum absolute atomic E-state index is 10.9. The number of aromatic amines is 1. The Balaban J connectivity index is 2.45. The molecule has 2 rings (SSSR count). The van der Waals surface area contributed by atoms with E-state index >= 15 is 0 Å². The first kappa shape index (κ1) is 10.4. The number of aromatic hydroxyl groups is 1. The average molecular weight is 216 g/mol. The largest absolute Gasteiger partial charge is 0.508 e. The number of hydrogen-bond acceptors (Lipinski definition) is 3. The highest BCUT2D eigenvalue weighted by Crippen LogP contribution is 2.24. The molecule has 0 aliphatic heterocycles. The predicted octanol–water partition coefficient (Wildman–Crippen LogP) is 1.70. The molecule has 0 bridgehead atoms. The van der Waals surface area contributed by atoms with Gasteiger partial charge in [0.2, 0.25) is 0 Å². The first-order valence-electron chi connectivity index (χ1n) is 5.08. The summed E-state index contributed by atoms with van der Waals surface area (Å²) in [7, 11) is 0. The SMILES string of the molecule is CCc1ccc(-c2ccc(=O)[nH]n2)cc1O. The number of nitrogens with one attached hydrogen (secondary N) is 1. The second kappa shape index (κ2) is 4.18. The van der Waals surface area contributed by atoms with Crippen molar-refractivity contribution < 1.29 is 5.11 Å². The van der Waals surface area contributed by atoms with Crippen molar-refractivity contribution in [3.8, 4) is 17.0 Å². The zero-order valence-electron chi connectivity index (χ0n) is 8.90. The number of aromatic nitrogens is 2. The normalized spacial score (nSPS) is 10.3. The molecule has 2 N–H and O–H groups in total. The molecule has 0 atom stereocenters. The Bertz CT molecular complexity index is 541. The molecule has 1 heterocycles. The van der Waals surface area contributed by atoms with Crippen molar-refractivity contribution in [2.45, 2.75) is 13.3 Å². The Morgan fingerprint density at radius 2 is 2.12 bits per heavy atom. The van der Waals surface area contributed by atoms with E-state index in [4.69, 9.17) is 0 Å². The Labute approximate surface area is 92.6 Å². The third kappa shape index (κ3) is 1.95. The fourth-order valence-electron chi connectivity index (χ4n) is 1.53. The van der Waals surface area contributed by atoms with Crippen LogP contribution >= 0.6 is 0 Å². The molecule has 1 aromatic heterocycles. The van der Waals surface area contributed by atoms with E-state index in [9.17, 15) is 9.90 Å². The third-order valence-corrected chi connectivity index (χ3v) is 2.44. The van der Waals surface area contributed by atoms with Crippen LogP contribution < -0.4 is 5.56 Å². The molecule has 0 fully saturated rings. The number of phenolic OH excluding ortho intramolecular Hbond substituents is 1. The van der Waals surface area contributed by atoms with E-state index in [1.807, 2.05) is 19.1 Å². The average Bonchev–Trinajstić information content (AvgIpc) is 2.30. The van der Waals surface area contributed by atoms with Crippen LogP contribution in [0.15, 0.2) is 35.1 Å². The lowest BCUT2D eigenvalue weighted by Crippen LogP contribution is -2.05. The Kier molecular flexibility index (Phi) is 2.72. The molecule has 0 spiro atoms. The van der Waals surface area contributed by atoms with Gasteiger partial charge >= 0.3 is 0 Å². The van der Waals surface area contributed by atoms with Crippen LogP contribution in [-0.2, 0) is 6.42 Å². The first-order valence-corrected chi connectivity index (χ1v) is 5.08. The highest BCUT2D eigenvalue weighted by Gasteiger charge is 2.03. The summed E-state index contributed by atoms with van der Waals surface area (Å²) in [5.41, 5.74) is 2.08. The monoisotopic (exact) mass is 216 g/mol. The van der Waals surface area contributed by atoms with E-state index < -0.39 is 0 Å². The second-order valence-electron chi connectivity index (χ2n) is 3.50. The molecule has 82 valence electrons. The highest BCUT2D eigenvalue weighted by atomic mass is 16.3. The van der Waals surface area contributed by atoms with Gasteiger partial charge in [-0.25, -0.2) is 5.10 Å². The minimum atomic E-state index is -0.238. The van der Waals surface area contributed by atoms with E-state index in [0.717, 1.165) is 17.5 Å². The summed E-state index contributed by atoms with van der Waals surface area (Å²) in [5.74, 6) is 0.257. The van der Waals surface area contributed by atoms with E-state index in [-0.39, 0.29) is 11.3 Å². The van der Waals surface area contributed by atoms with Crippen LogP contribution in [0.1, 0.15) is 12.5 Å². The topological polar surface area (TPSA) is 66.0 Å². The smallest absolute Gasteiger partial charge is 0.264 e. The molecule has 0 aliphatic rings. The van der Waals surface area contributed by atoms with Crippen molar-refractivity contribution in [1.29, 1.82) is 0 Å². The molecule has 2 aromatic rings. The minimum Gasteiger partial charge on any atom is -0.508 e. The van der Waals surface area contributed by atoms with Crippen molar-refractivity contribution in [3.63, 3.8) is 0 Å². The molecule has 4 nitrogen and oxygen atoms in total. The number of benzene rings is 1. The number of hydrogen-bond donors (Lipinski definition) is 2. The van der Waals surface area contributed by atoms with Crippen LogP contribution in [0.3, 0.4) is 0 Å². The number of nitrogens with zero attached hydrogens (tertiary/aromatic N) is 1. The molecular weight excluding hydrogens is 204 g/mol. The maximum atomic E-state index is 10.9. The molecule has 0 amide bonds. The quantitative estimate of drug-likeness (QED) is 0.803. The van der Waals surface area contributed by atoms with Gasteiger partial charge < -0.3 is 5.11 Å².